The summed E-state index contributed by atoms with van der Waals surface area (Å²) in [5, 5.41) is 8.77. The zero-order chi connectivity index (χ0) is 14.9. The Morgan fingerprint density at radius 3 is 2.45 bits per heavy atom. The molecular weight excluding hydrogens is 275 g/mol. The summed E-state index contributed by atoms with van der Waals surface area (Å²) in [4.78, 5) is 24.0. The first kappa shape index (κ1) is 14.4. The zero-order valence-corrected chi connectivity index (χ0v) is 10.4. The predicted molar refractivity (Wildman–Crippen MR) is 63.1 cm³/mol. The van der Waals surface area contributed by atoms with Crippen molar-refractivity contribution in [2.75, 3.05) is 6.54 Å². The van der Waals surface area contributed by atoms with Crippen molar-refractivity contribution in [3.05, 3.63) is 35.4 Å². The van der Waals surface area contributed by atoms with Crippen LogP contribution < -0.4 is 0 Å². The highest BCUT2D eigenvalue weighted by Crippen LogP contribution is 2.31. The molecule has 7 heteroatoms. The van der Waals surface area contributed by atoms with Gasteiger partial charge in [0, 0.05) is 11.6 Å². The van der Waals surface area contributed by atoms with Gasteiger partial charge in [0.05, 0.1) is 5.56 Å². The van der Waals surface area contributed by atoms with E-state index in [0.29, 0.717) is 12.8 Å². The second-order valence-corrected chi connectivity index (χ2v) is 4.64. The van der Waals surface area contributed by atoms with Crippen molar-refractivity contribution < 1.29 is 27.9 Å². The Balaban J connectivity index is 2.25. The quantitative estimate of drug-likeness (QED) is 0.925. The van der Waals surface area contributed by atoms with Crippen LogP contribution in [0, 0.1) is 0 Å². The summed E-state index contributed by atoms with van der Waals surface area (Å²) in [6.45, 7) is -0.500. The number of rotatable bonds is 4. The van der Waals surface area contributed by atoms with Crippen LogP contribution >= 0.6 is 0 Å². The van der Waals surface area contributed by atoms with Crippen LogP contribution in [0.2, 0.25) is 0 Å². The number of aliphatic carboxylic acids is 1. The molecule has 1 fully saturated rings. The summed E-state index contributed by atoms with van der Waals surface area (Å²) < 4.78 is 37.8. The third kappa shape index (κ3) is 3.28. The number of carbonyl (C=O) groups excluding carboxylic acids is 1. The number of amides is 1. The van der Waals surface area contributed by atoms with Gasteiger partial charge in [-0.2, -0.15) is 13.2 Å². The Kier molecular flexibility index (Phi) is 3.69. The second-order valence-electron chi connectivity index (χ2n) is 4.64. The number of hydrogen-bond acceptors (Lipinski definition) is 2. The van der Waals surface area contributed by atoms with Gasteiger partial charge in [-0.3, -0.25) is 9.59 Å². The van der Waals surface area contributed by atoms with Crippen LogP contribution in [0.5, 0.6) is 0 Å². The van der Waals surface area contributed by atoms with Crippen molar-refractivity contribution in [1.29, 1.82) is 0 Å². The molecule has 0 unspecified atom stereocenters. The zero-order valence-electron chi connectivity index (χ0n) is 10.4. The SMILES string of the molecule is O=C(O)CN(C(=O)c1cccc(C(F)(F)F)c1)C1CC1. The lowest BCUT2D eigenvalue weighted by Gasteiger charge is -2.20. The first-order valence-electron chi connectivity index (χ1n) is 5.99. The van der Waals surface area contributed by atoms with E-state index < -0.39 is 30.2 Å². The van der Waals surface area contributed by atoms with Crippen LogP contribution in [0.15, 0.2) is 24.3 Å². The van der Waals surface area contributed by atoms with Crippen LogP contribution in [-0.2, 0) is 11.0 Å². The highest BCUT2D eigenvalue weighted by Gasteiger charge is 2.36. The van der Waals surface area contributed by atoms with Crippen molar-refractivity contribution >= 4 is 11.9 Å². The third-order valence-electron chi connectivity index (χ3n) is 2.99. The molecule has 4 nitrogen and oxygen atoms in total. The van der Waals surface area contributed by atoms with Gasteiger partial charge in [-0.15, -0.1) is 0 Å². The van der Waals surface area contributed by atoms with E-state index in [4.69, 9.17) is 5.11 Å². The Bertz CT molecular complexity index is 538. The van der Waals surface area contributed by atoms with E-state index in [1.54, 1.807) is 0 Å². The number of carboxylic acid groups (broad SMARTS) is 1. The maximum absolute atomic E-state index is 12.6. The van der Waals surface area contributed by atoms with Crippen LogP contribution in [-0.4, -0.2) is 34.5 Å². The fourth-order valence-corrected chi connectivity index (χ4v) is 1.89. The number of halogens is 3. The van der Waals surface area contributed by atoms with Crippen molar-refractivity contribution in [3.8, 4) is 0 Å². The molecule has 0 saturated heterocycles. The molecule has 1 saturated carbocycles. The molecule has 0 aromatic heterocycles. The molecule has 0 heterocycles. The largest absolute Gasteiger partial charge is 0.480 e. The molecule has 1 aromatic carbocycles. The Morgan fingerprint density at radius 2 is 1.95 bits per heavy atom. The van der Waals surface area contributed by atoms with E-state index in [-0.39, 0.29) is 11.6 Å². The summed E-state index contributed by atoms with van der Waals surface area (Å²) in [6.07, 6.45) is -3.18. The molecule has 0 aliphatic heterocycles. The molecule has 0 spiro atoms. The summed E-state index contributed by atoms with van der Waals surface area (Å²) in [5.74, 6) is -1.86. The molecule has 1 amide bonds. The van der Waals surface area contributed by atoms with Gasteiger partial charge in [0.25, 0.3) is 5.91 Å². The van der Waals surface area contributed by atoms with Crippen LogP contribution in [0.25, 0.3) is 0 Å². The molecule has 0 atom stereocenters. The fourth-order valence-electron chi connectivity index (χ4n) is 1.89. The van der Waals surface area contributed by atoms with Gasteiger partial charge in [0.1, 0.15) is 6.54 Å². The van der Waals surface area contributed by atoms with Crippen LogP contribution in [0.1, 0.15) is 28.8 Å². The Labute approximate surface area is 112 Å². The van der Waals surface area contributed by atoms with E-state index in [9.17, 15) is 22.8 Å². The molecule has 1 aromatic rings. The highest BCUT2D eigenvalue weighted by molar-refractivity contribution is 5.96. The fraction of sp³-hybridized carbons (Fsp3) is 0.385. The molecule has 20 heavy (non-hydrogen) atoms. The van der Waals surface area contributed by atoms with Crippen molar-refractivity contribution in [2.24, 2.45) is 0 Å². The van der Waals surface area contributed by atoms with Crippen molar-refractivity contribution in [1.82, 2.24) is 4.90 Å². The molecule has 2 rings (SSSR count). The minimum Gasteiger partial charge on any atom is -0.480 e. The topological polar surface area (TPSA) is 57.6 Å². The first-order chi connectivity index (χ1) is 9.29. The van der Waals surface area contributed by atoms with Gasteiger partial charge in [-0.1, -0.05) is 6.07 Å². The van der Waals surface area contributed by atoms with Gasteiger partial charge < -0.3 is 10.0 Å². The van der Waals surface area contributed by atoms with Gasteiger partial charge >= 0.3 is 12.1 Å². The molecular formula is C13H12F3NO3. The normalized spacial score (nSPS) is 14.9. The summed E-state index contributed by atoms with van der Waals surface area (Å²) in [5.41, 5.74) is -1.07. The van der Waals surface area contributed by atoms with Gasteiger partial charge in [-0.25, -0.2) is 0 Å². The van der Waals surface area contributed by atoms with Gasteiger partial charge in [-0.05, 0) is 31.0 Å². The smallest absolute Gasteiger partial charge is 0.416 e. The summed E-state index contributed by atoms with van der Waals surface area (Å²) in [6, 6.07) is 3.83. The molecule has 1 aliphatic carbocycles. The third-order valence-corrected chi connectivity index (χ3v) is 2.99. The van der Waals surface area contributed by atoms with Crippen LogP contribution in [0.4, 0.5) is 13.2 Å². The number of carboxylic acids is 1. The maximum atomic E-state index is 12.6. The van der Waals surface area contributed by atoms with Gasteiger partial charge in [0.15, 0.2) is 0 Å². The average Bonchev–Trinajstić information content (AvgIpc) is 3.18. The number of carbonyl (C=O) groups is 2. The van der Waals surface area contributed by atoms with Crippen LogP contribution in [0.3, 0.4) is 0 Å². The van der Waals surface area contributed by atoms with Crippen molar-refractivity contribution in [2.45, 2.75) is 25.1 Å². The predicted octanol–water partition coefficient (Wildman–Crippen LogP) is 2.39. The minimum absolute atomic E-state index is 0.145. The standard InChI is InChI=1S/C13H12F3NO3/c14-13(15,16)9-3-1-2-8(6-9)12(20)17(7-11(18)19)10-4-5-10/h1-3,6,10H,4-5,7H2,(H,18,19). The number of nitrogens with zero attached hydrogens (tertiary/aromatic N) is 1. The molecule has 108 valence electrons. The Morgan fingerprint density at radius 1 is 1.30 bits per heavy atom. The van der Waals surface area contributed by atoms with E-state index in [0.717, 1.165) is 23.1 Å². The molecule has 0 bridgehead atoms. The van der Waals surface area contributed by atoms with E-state index in [2.05, 4.69) is 0 Å². The molecule has 1 N–H and O–H groups in total. The molecule has 0 radical (unpaired) electrons. The average molecular weight is 287 g/mol. The van der Waals surface area contributed by atoms with Gasteiger partial charge in [0.2, 0.25) is 0 Å². The number of hydrogen-bond donors (Lipinski definition) is 1. The lowest BCUT2D eigenvalue weighted by atomic mass is 10.1. The Hall–Kier alpha value is -2.05. The van der Waals surface area contributed by atoms with E-state index >= 15 is 0 Å². The summed E-state index contributed by atoms with van der Waals surface area (Å²) >= 11 is 0. The molecule has 1 aliphatic rings. The second kappa shape index (κ2) is 5.15. The number of alkyl halides is 3. The maximum Gasteiger partial charge on any atom is 0.416 e. The van der Waals surface area contributed by atoms with E-state index in [1.165, 1.54) is 6.07 Å². The lowest BCUT2D eigenvalue weighted by Crippen LogP contribution is -2.37. The van der Waals surface area contributed by atoms with Crippen molar-refractivity contribution in [3.63, 3.8) is 0 Å². The highest BCUT2D eigenvalue weighted by atomic mass is 19.4. The first-order valence-corrected chi connectivity index (χ1v) is 5.99. The monoisotopic (exact) mass is 287 g/mol. The van der Waals surface area contributed by atoms with E-state index in [1.807, 2.05) is 0 Å². The lowest BCUT2D eigenvalue weighted by molar-refractivity contribution is -0.138. The minimum atomic E-state index is -4.53. The summed E-state index contributed by atoms with van der Waals surface area (Å²) in [7, 11) is 0. The number of benzene rings is 1.